The van der Waals surface area contributed by atoms with Crippen LogP contribution in [0.5, 0.6) is 5.75 Å². The van der Waals surface area contributed by atoms with E-state index in [-0.39, 0.29) is 6.10 Å². The predicted molar refractivity (Wildman–Crippen MR) is 151 cm³/mol. The first kappa shape index (κ1) is 23.6. The van der Waals surface area contributed by atoms with Gasteiger partial charge in [-0.3, -0.25) is 0 Å². The van der Waals surface area contributed by atoms with Crippen molar-refractivity contribution < 1.29 is 9.47 Å². The average molecular weight is 568 g/mol. The summed E-state index contributed by atoms with van der Waals surface area (Å²) in [7, 11) is 0. The number of piperidine rings is 1. The van der Waals surface area contributed by atoms with Gasteiger partial charge in [-0.25, -0.2) is 9.67 Å². The number of thiazole rings is 1. The quantitative estimate of drug-likeness (QED) is 0.222. The van der Waals surface area contributed by atoms with Crippen molar-refractivity contribution in [3.05, 3.63) is 63.9 Å². The van der Waals surface area contributed by atoms with Crippen LogP contribution in [-0.4, -0.2) is 39.6 Å². The first-order valence-corrected chi connectivity index (χ1v) is 15.2. The van der Waals surface area contributed by atoms with Gasteiger partial charge in [0.15, 0.2) is 5.13 Å². The summed E-state index contributed by atoms with van der Waals surface area (Å²) in [5.41, 5.74) is 4.09. The van der Waals surface area contributed by atoms with Crippen molar-refractivity contribution in [1.29, 1.82) is 0 Å². The molecule has 3 saturated carbocycles. The molecule has 2 aromatic heterocycles. The molecule has 0 spiro atoms. The molecule has 4 aliphatic rings. The first-order valence-electron chi connectivity index (χ1n) is 13.6. The van der Waals surface area contributed by atoms with Gasteiger partial charge in [-0.1, -0.05) is 46.7 Å². The maximum atomic E-state index is 6.64. The molecule has 4 aromatic rings. The molecule has 0 unspecified atom stereocenters. The molecule has 0 radical (unpaired) electrons. The van der Waals surface area contributed by atoms with Crippen LogP contribution in [0.25, 0.3) is 15.9 Å². The maximum Gasteiger partial charge on any atom is 0.186 e. The van der Waals surface area contributed by atoms with Crippen LogP contribution in [-0.2, 0) is 11.3 Å². The number of anilines is 1. The minimum atomic E-state index is 0.233. The molecule has 38 heavy (non-hydrogen) atoms. The number of rotatable bonds is 8. The van der Waals surface area contributed by atoms with Crippen molar-refractivity contribution in [3.63, 3.8) is 0 Å². The van der Waals surface area contributed by atoms with Crippen molar-refractivity contribution in [2.75, 3.05) is 11.4 Å². The van der Waals surface area contributed by atoms with Gasteiger partial charge in [0.05, 0.1) is 45.5 Å². The number of ether oxygens (including phenoxy) is 2. The molecule has 6 nitrogen and oxygen atoms in total. The number of hydrogen-bond donors (Lipinski definition) is 0. The van der Waals surface area contributed by atoms with Crippen molar-refractivity contribution in [3.8, 4) is 11.4 Å². The predicted octanol–water partition coefficient (Wildman–Crippen LogP) is 7.39. The molecule has 2 aromatic carbocycles. The lowest BCUT2D eigenvalue weighted by molar-refractivity contribution is 0.00993. The molecule has 2 bridgehead atoms. The summed E-state index contributed by atoms with van der Waals surface area (Å²) in [5.74, 6) is 1.99. The van der Waals surface area contributed by atoms with Crippen molar-refractivity contribution in [2.24, 2.45) is 5.92 Å². The van der Waals surface area contributed by atoms with E-state index in [9.17, 15) is 0 Å². The summed E-state index contributed by atoms with van der Waals surface area (Å²) >= 11 is 14.9. The summed E-state index contributed by atoms with van der Waals surface area (Å²) in [6, 6.07) is 12.3. The number of fused-ring (bicyclic) bond motifs is 3. The van der Waals surface area contributed by atoms with Crippen molar-refractivity contribution in [1.82, 2.24) is 14.8 Å². The van der Waals surface area contributed by atoms with E-state index in [0.29, 0.717) is 40.6 Å². The average Bonchev–Trinajstić information content (AvgIpc) is 3.73. The van der Waals surface area contributed by atoms with Gasteiger partial charge in [0, 0.05) is 18.5 Å². The van der Waals surface area contributed by atoms with Crippen LogP contribution < -0.4 is 9.64 Å². The zero-order valence-electron chi connectivity index (χ0n) is 20.9. The Kier molecular flexibility index (Phi) is 5.65. The van der Waals surface area contributed by atoms with Crippen LogP contribution in [0.3, 0.4) is 0 Å². The Balaban J connectivity index is 0.997. The summed E-state index contributed by atoms with van der Waals surface area (Å²) in [6.45, 7) is 1.50. The molecular weight excluding hydrogens is 539 g/mol. The summed E-state index contributed by atoms with van der Waals surface area (Å²) < 4.78 is 15.9. The number of halogens is 2. The number of para-hydroxylation sites is 2. The molecule has 4 fully saturated rings. The van der Waals surface area contributed by atoms with Gasteiger partial charge >= 0.3 is 0 Å². The first-order chi connectivity index (χ1) is 18.6. The van der Waals surface area contributed by atoms with Crippen molar-refractivity contribution in [2.45, 2.75) is 69.3 Å². The van der Waals surface area contributed by atoms with Crippen LogP contribution in [0.15, 0.2) is 42.6 Å². The van der Waals surface area contributed by atoms with E-state index in [0.717, 1.165) is 60.0 Å². The van der Waals surface area contributed by atoms with Crippen LogP contribution in [0.1, 0.15) is 55.7 Å². The lowest BCUT2D eigenvalue weighted by Gasteiger charge is -2.31. The Hall–Kier alpha value is -2.32. The molecule has 8 rings (SSSR count). The summed E-state index contributed by atoms with van der Waals surface area (Å²) in [5, 5.41) is 7.01. The van der Waals surface area contributed by atoms with E-state index in [1.807, 2.05) is 29.1 Å². The third-order valence-corrected chi connectivity index (χ3v) is 10.1. The zero-order chi connectivity index (χ0) is 25.4. The topological polar surface area (TPSA) is 52.4 Å². The van der Waals surface area contributed by atoms with E-state index in [2.05, 4.69) is 23.1 Å². The van der Waals surface area contributed by atoms with Crippen LogP contribution >= 0.6 is 34.5 Å². The normalized spacial score (nSPS) is 24.6. The number of hydrogen-bond acceptors (Lipinski definition) is 6. The fourth-order valence-corrected chi connectivity index (χ4v) is 7.80. The maximum absolute atomic E-state index is 6.64. The Labute approximate surface area is 235 Å². The molecular formula is C29H28Cl2N4O2S. The molecule has 3 aliphatic carbocycles. The Morgan fingerprint density at radius 3 is 2.55 bits per heavy atom. The standard InChI is InChI=1S/C29H28Cl2N4O2S/c30-21-3-1-4-22(31)28(21)35-23(20(13-32-35)16-7-8-16)15-36-25-12-18-11-17(25)14-34(18)29-33-27-24(37-19-9-10-19)5-2-6-26(27)38-29/h1-6,13,16-19,25H,7-12,14-15H2/t17-,18-,25+/m0/s1. The molecule has 196 valence electrons. The van der Waals surface area contributed by atoms with E-state index in [1.54, 1.807) is 11.3 Å². The van der Waals surface area contributed by atoms with Gasteiger partial charge in [0.25, 0.3) is 0 Å². The largest absolute Gasteiger partial charge is 0.488 e. The highest BCUT2D eigenvalue weighted by atomic mass is 35.5. The molecule has 1 aliphatic heterocycles. The zero-order valence-corrected chi connectivity index (χ0v) is 23.2. The molecule has 0 N–H and O–H groups in total. The second-order valence-electron chi connectivity index (χ2n) is 11.1. The van der Waals surface area contributed by atoms with E-state index < -0.39 is 0 Å². The third kappa shape index (κ3) is 4.10. The van der Waals surface area contributed by atoms with Crippen LogP contribution in [0.4, 0.5) is 5.13 Å². The minimum absolute atomic E-state index is 0.233. The Morgan fingerprint density at radius 1 is 1.00 bits per heavy atom. The van der Waals surface area contributed by atoms with Gasteiger partial charge < -0.3 is 14.4 Å². The van der Waals surface area contributed by atoms with Gasteiger partial charge in [0.2, 0.25) is 0 Å². The molecule has 1 saturated heterocycles. The van der Waals surface area contributed by atoms with E-state index in [1.165, 1.54) is 23.1 Å². The Morgan fingerprint density at radius 2 is 1.82 bits per heavy atom. The number of aromatic nitrogens is 3. The summed E-state index contributed by atoms with van der Waals surface area (Å²) in [6.07, 6.45) is 9.46. The highest BCUT2D eigenvalue weighted by Crippen LogP contribution is 2.47. The van der Waals surface area contributed by atoms with Crippen LogP contribution in [0.2, 0.25) is 10.0 Å². The minimum Gasteiger partial charge on any atom is -0.488 e. The highest BCUT2D eigenvalue weighted by molar-refractivity contribution is 7.22. The van der Waals surface area contributed by atoms with E-state index >= 15 is 0 Å². The van der Waals surface area contributed by atoms with Crippen LogP contribution in [0, 0.1) is 5.92 Å². The number of nitrogens with zero attached hydrogens (tertiary/aromatic N) is 4. The lowest BCUT2D eigenvalue weighted by Crippen LogP contribution is -2.38. The molecule has 0 amide bonds. The fraction of sp³-hybridized carbons (Fsp3) is 0.448. The van der Waals surface area contributed by atoms with Gasteiger partial charge in [-0.05, 0) is 74.3 Å². The lowest BCUT2D eigenvalue weighted by atomic mass is 10.1. The molecule has 3 atom stereocenters. The summed E-state index contributed by atoms with van der Waals surface area (Å²) in [4.78, 5) is 7.55. The number of benzene rings is 2. The second kappa shape index (κ2) is 9.12. The fourth-order valence-electron chi connectivity index (χ4n) is 6.18. The van der Waals surface area contributed by atoms with Gasteiger partial charge in [-0.2, -0.15) is 5.10 Å². The molecule has 9 heteroatoms. The van der Waals surface area contributed by atoms with Crippen molar-refractivity contribution >= 4 is 49.9 Å². The Bertz CT molecular complexity index is 1510. The monoisotopic (exact) mass is 566 g/mol. The third-order valence-electron chi connectivity index (χ3n) is 8.41. The second-order valence-corrected chi connectivity index (χ2v) is 12.9. The SMILES string of the molecule is Clc1cccc(Cl)c1-n1ncc(C2CC2)c1CO[C@@H]1C[C@@H]2C[C@H]1CN2c1nc2c(OC3CC3)cccc2s1. The van der Waals surface area contributed by atoms with Gasteiger partial charge in [-0.15, -0.1) is 0 Å². The van der Waals surface area contributed by atoms with Gasteiger partial charge in [0.1, 0.15) is 17.0 Å². The molecule has 3 heterocycles. The highest BCUT2D eigenvalue weighted by Gasteiger charge is 2.46. The van der Waals surface area contributed by atoms with E-state index in [4.69, 9.17) is 42.8 Å². The smallest absolute Gasteiger partial charge is 0.186 e.